The number of hydrogen-bond donors (Lipinski definition) is 1. The van der Waals surface area contributed by atoms with Crippen LogP contribution in [-0.2, 0) is 6.54 Å². The molecule has 4 aromatic rings. The zero-order chi connectivity index (χ0) is 20.5. The molecular weight excluding hydrogens is 396 g/mol. The van der Waals surface area contributed by atoms with Crippen molar-refractivity contribution in [3.8, 4) is 11.1 Å². The average molecular weight is 419 g/mol. The second kappa shape index (κ2) is 8.09. The number of benzene rings is 2. The van der Waals surface area contributed by atoms with E-state index >= 15 is 0 Å². The normalized spacial score (nSPS) is 15.6. The molecule has 0 unspecified atom stereocenters. The van der Waals surface area contributed by atoms with Gasteiger partial charge in [0.1, 0.15) is 0 Å². The van der Waals surface area contributed by atoms with Gasteiger partial charge in [-0.15, -0.1) is 0 Å². The third-order valence-electron chi connectivity index (χ3n) is 5.91. The highest BCUT2D eigenvalue weighted by Crippen LogP contribution is 2.27. The van der Waals surface area contributed by atoms with Gasteiger partial charge in [-0.25, -0.2) is 4.79 Å². The van der Waals surface area contributed by atoms with Crippen LogP contribution in [0.25, 0.3) is 22.2 Å². The molecule has 2 aromatic heterocycles. The predicted molar refractivity (Wildman–Crippen MR) is 121 cm³/mol. The number of fused-ring (bicyclic) bond motifs is 1. The minimum atomic E-state index is -0.0505. The monoisotopic (exact) mass is 418 g/mol. The van der Waals surface area contributed by atoms with Gasteiger partial charge in [-0.1, -0.05) is 41.9 Å². The minimum Gasteiger partial charge on any atom is -0.305 e. The van der Waals surface area contributed by atoms with E-state index in [1.165, 1.54) is 11.1 Å². The van der Waals surface area contributed by atoms with E-state index in [0.717, 1.165) is 49.1 Å². The van der Waals surface area contributed by atoms with Gasteiger partial charge in [0.25, 0.3) is 0 Å². The number of H-pyrrole nitrogens is 1. The molecule has 6 heteroatoms. The number of likely N-dealkylation sites (tertiary alicyclic amines) is 1. The van der Waals surface area contributed by atoms with Crippen LogP contribution in [0.4, 0.5) is 0 Å². The van der Waals surface area contributed by atoms with Crippen molar-refractivity contribution in [2.75, 3.05) is 13.1 Å². The molecule has 2 aromatic carbocycles. The van der Waals surface area contributed by atoms with Crippen LogP contribution in [-0.4, -0.2) is 32.5 Å². The summed E-state index contributed by atoms with van der Waals surface area (Å²) in [5.41, 5.74) is 5.23. The van der Waals surface area contributed by atoms with Crippen LogP contribution in [0.3, 0.4) is 0 Å². The second-order valence-electron chi connectivity index (χ2n) is 7.92. The maximum atomic E-state index is 12.5. The van der Waals surface area contributed by atoms with Crippen molar-refractivity contribution < 1.29 is 0 Å². The average Bonchev–Trinajstić information content (AvgIpc) is 3.10. The van der Waals surface area contributed by atoms with Gasteiger partial charge in [-0.05, 0) is 48.2 Å². The summed E-state index contributed by atoms with van der Waals surface area (Å²) in [6, 6.07) is 18.4. The topological polar surface area (TPSA) is 53.9 Å². The van der Waals surface area contributed by atoms with Crippen LogP contribution in [0.1, 0.15) is 24.4 Å². The summed E-state index contributed by atoms with van der Waals surface area (Å²) in [4.78, 5) is 22.4. The molecule has 1 N–H and O–H groups in total. The number of pyridine rings is 1. The molecule has 152 valence electrons. The summed E-state index contributed by atoms with van der Waals surface area (Å²) in [6.07, 6.45) is 5.76. The molecule has 0 bridgehead atoms. The van der Waals surface area contributed by atoms with Gasteiger partial charge in [-0.2, -0.15) is 0 Å². The summed E-state index contributed by atoms with van der Waals surface area (Å²) in [6.45, 7) is 2.78. The third kappa shape index (κ3) is 3.78. The number of nitrogens with zero attached hydrogens (tertiary/aromatic N) is 3. The molecule has 30 heavy (non-hydrogen) atoms. The number of rotatable bonds is 4. The number of aromatic amines is 1. The van der Waals surface area contributed by atoms with E-state index in [9.17, 15) is 4.79 Å². The predicted octanol–water partition coefficient (Wildman–Crippen LogP) is 4.88. The summed E-state index contributed by atoms with van der Waals surface area (Å²) in [5, 5.41) is 0.636. The lowest BCUT2D eigenvalue weighted by atomic mass is 10.0. The lowest BCUT2D eigenvalue weighted by Gasteiger charge is -2.32. The lowest BCUT2D eigenvalue weighted by molar-refractivity contribution is 0.180. The summed E-state index contributed by atoms with van der Waals surface area (Å²) < 4.78 is 1.90. The van der Waals surface area contributed by atoms with Crippen molar-refractivity contribution in [3.05, 3.63) is 88.1 Å². The molecule has 1 aliphatic rings. The molecule has 0 radical (unpaired) electrons. The molecule has 3 heterocycles. The van der Waals surface area contributed by atoms with Gasteiger partial charge < -0.3 is 4.98 Å². The number of halogens is 1. The van der Waals surface area contributed by atoms with Crippen LogP contribution in [0.2, 0.25) is 5.02 Å². The Kier molecular flexibility index (Phi) is 5.15. The molecule has 0 saturated carbocycles. The number of hydrogen-bond acceptors (Lipinski definition) is 3. The zero-order valence-electron chi connectivity index (χ0n) is 16.6. The van der Waals surface area contributed by atoms with Gasteiger partial charge >= 0.3 is 5.69 Å². The van der Waals surface area contributed by atoms with Crippen LogP contribution in [0.5, 0.6) is 0 Å². The Labute approximate surface area is 179 Å². The van der Waals surface area contributed by atoms with Gasteiger partial charge in [0.05, 0.1) is 11.0 Å². The summed E-state index contributed by atoms with van der Waals surface area (Å²) >= 11 is 6.07. The molecule has 0 atom stereocenters. The largest absolute Gasteiger partial charge is 0.326 e. The zero-order valence-corrected chi connectivity index (χ0v) is 17.3. The van der Waals surface area contributed by atoms with Crippen molar-refractivity contribution in [2.24, 2.45) is 0 Å². The number of nitrogens with one attached hydrogen (secondary N) is 1. The van der Waals surface area contributed by atoms with Crippen molar-refractivity contribution in [2.45, 2.75) is 25.4 Å². The summed E-state index contributed by atoms with van der Waals surface area (Å²) in [7, 11) is 0. The molecule has 0 amide bonds. The highest BCUT2D eigenvalue weighted by Gasteiger charge is 2.23. The molecule has 0 aliphatic carbocycles. The minimum absolute atomic E-state index is 0.0505. The van der Waals surface area contributed by atoms with Crippen molar-refractivity contribution in [1.29, 1.82) is 0 Å². The molecule has 0 spiro atoms. The first kappa shape index (κ1) is 19.1. The van der Waals surface area contributed by atoms with Gasteiger partial charge in [-0.3, -0.25) is 14.5 Å². The van der Waals surface area contributed by atoms with E-state index in [2.05, 4.69) is 33.1 Å². The molecule has 5 rings (SSSR count). The smallest absolute Gasteiger partial charge is 0.305 e. The highest BCUT2D eigenvalue weighted by atomic mass is 35.5. The number of imidazole rings is 1. The lowest BCUT2D eigenvalue weighted by Crippen LogP contribution is -2.36. The quantitative estimate of drug-likeness (QED) is 0.513. The Morgan fingerprint density at radius 2 is 1.80 bits per heavy atom. The Morgan fingerprint density at radius 3 is 2.60 bits per heavy atom. The van der Waals surface area contributed by atoms with Crippen LogP contribution < -0.4 is 5.69 Å². The van der Waals surface area contributed by atoms with E-state index in [-0.39, 0.29) is 11.7 Å². The van der Waals surface area contributed by atoms with Gasteiger partial charge in [0, 0.05) is 48.7 Å². The Hall–Kier alpha value is -2.89. The molecule has 1 aliphatic heterocycles. The first-order chi connectivity index (χ1) is 14.7. The molecular formula is C24H23ClN4O. The van der Waals surface area contributed by atoms with Crippen molar-refractivity contribution in [1.82, 2.24) is 19.4 Å². The Balaban J connectivity index is 1.28. The molecule has 1 fully saturated rings. The van der Waals surface area contributed by atoms with Crippen molar-refractivity contribution >= 4 is 22.6 Å². The first-order valence-electron chi connectivity index (χ1n) is 10.3. The van der Waals surface area contributed by atoms with E-state index < -0.39 is 0 Å². The van der Waals surface area contributed by atoms with Crippen LogP contribution in [0, 0.1) is 0 Å². The van der Waals surface area contributed by atoms with E-state index in [1.807, 2.05) is 53.4 Å². The van der Waals surface area contributed by atoms with E-state index in [4.69, 9.17) is 11.6 Å². The number of piperidine rings is 1. The van der Waals surface area contributed by atoms with E-state index in [0.29, 0.717) is 5.02 Å². The van der Waals surface area contributed by atoms with Crippen molar-refractivity contribution in [3.63, 3.8) is 0 Å². The number of aromatic nitrogens is 3. The highest BCUT2D eigenvalue weighted by molar-refractivity contribution is 6.31. The summed E-state index contributed by atoms with van der Waals surface area (Å²) in [5.74, 6) is 0. The fourth-order valence-electron chi connectivity index (χ4n) is 4.42. The maximum absolute atomic E-state index is 12.5. The molecule has 1 saturated heterocycles. The van der Waals surface area contributed by atoms with Gasteiger partial charge in [0.2, 0.25) is 0 Å². The first-order valence-corrected chi connectivity index (χ1v) is 10.7. The Morgan fingerprint density at radius 1 is 1.00 bits per heavy atom. The SMILES string of the molecule is O=c1[nH]c2cc(Cl)ccc2n1C1CCN(Cc2cncc(-c3ccccc3)c2)CC1. The Bertz CT molecular complexity index is 1220. The fourth-order valence-corrected chi connectivity index (χ4v) is 4.59. The van der Waals surface area contributed by atoms with E-state index in [1.54, 1.807) is 0 Å². The van der Waals surface area contributed by atoms with Crippen LogP contribution in [0.15, 0.2) is 71.8 Å². The standard InChI is InChI=1S/C24H23ClN4O/c25-20-6-7-23-22(13-20)27-24(30)29(23)21-8-10-28(11-9-21)16-17-12-19(15-26-14-17)18-4-2-1-3-5-18/h1-7,12-15,21H,8-11,16H2,(H,27,30). The fraction of sp³-hybridized carbons (Fsp3) is 0.250. The molecule has 5 nitrogen and oxygen atoms in total. The third-order valence-corrected chi connectivity index (χ3v) is 6.14. The van der Waals surface area contributed by atoms with Crippen LogP contribution >= 0.6 is 11.6 Å². The second-order valence-corrected chi connectivity index (χ2v) is 8.35. The maximum Gasteiger partial charge on any atom is 0.326 e. The van der Waals surface area contributed by atoms with Gasteiger partial charge in [0.15, 0.2) is 0 Å².